The number of aldehydes is 1. The van der Waals surface area contributed by atoms with Crippen molar-refractivity contribution in [3.8, 4) is 0 Å². The molecule has 3 aromatic heterocycles. The number of carbonyl (C=O) groups is 2. The first-order valence-electron chi connectivity index (χ1n) is 13.9. The number of hydrogen-bond acceptors (Lipinski definition) is 8. The van der Waals surface area contributed by atoms with Crippen LogP contribution in [0.1, 0.15) is 84.6 Å². The van der Waals surface area contributed by atoms with Crippen LogP contribution in [0.4, 0.5) is 17.6 Å². The largest absolute Gasteiger partial charge is 0.342 e. The van der Waals surface area contributed by atoms with Crippen LogP contribution in [0, 0.1) is 30.6 Å². The van der Waals surface area contributed by atoms with E-state index in [9.17, 15) is 27.2 Å². The van der Waals surface area contributed by atoms with Crippen LogP contribution in [0.3, 0.4) is 0 Å². The van der Waals surface area contributed by atoms with Gasteiger partial charge in [-0.05, 0) is 55.7 Å². The summed E-state index contributed by atoms with van der Waals surface area (Å²) in [6, 6.07) is 0.911. The molecule has 3 heterocycles. The van der Waals surface area contributed by atoms with Crippen LogP contribution in [0.2, 0.25) is 0 Å². The van der Waals surface area contributed by atoms with E-state index < -0.39 is 35.6 Å². The molecule has 6 rings (SSSR count). The number of carbonyl (C=O) groups excluding carboxylic acids is 2. The molecule has 0 saturated heterocycles. The lowest BCUT2D eigenvalue weighted by Crippen LogP contribution is -2.37. The molecule has 1 unspecified atom stereocenters. The van der Waals surface area contributed by atoms with Gasteiger partial charge in [0.15, 0.2) is 5.69 Å². The van der Waals surface area contributed by atoms with Crippen molar-refractivity contribution in [2.75, 3.05) is 6.54 Å². The van der Waals surface area contributed by atoms with Gasteiger partial charge in [-0.15, -0.1) is 0 Å². The predicted octanol–water partition coefficient (Wildman–Crippen LogP) is 4.23. The first kappa shape index (κ1) is 27.7. The highest BCUT2D eigenvalue weighted by Gasteiger charge is 2.60. The number of nitrogens with one attached hydrogen (secondary N) is 2. The summed E-state index contributed by atoms with van der Waals surface area (Å²) >= 11 is 0. The molecule has 14 heteroatoms. The van der Waals surface area contributed by atoms with E-state index in [0.29, 0.717) is 29.1 Å². The Bertz CT molecular complexity index is 1430. The van der Waals surface area contributed by atoms with E-state index in [-0.39, 0.29) is 62.2 Å². The Morgan fingerprint density at radius 2 is 1.78 bits per heavy atom. The highest BCUT2D eigenvalue weighted by atomic mass is 19.3. The Hall–Kier alpha value is -3.42. The Labute approximate surface area is 232 Å². The third kappa shape index (κ3) is 5.84. The van der Waals surface area contributed by atoms with Crippen molar-refractivity contribution in [3.63, 3.8) is 0 Å². The van der Waals surface area contributed by atoms with Crippen LogP contribution in [-0.4, -0.2) is 55.3 Å². The smallest absolute Gasteiger partial charge is 0.276 e. The summed E-state index contributed by atoms with van der Waals surface area (Å²) < 4.78 is 61.4. The van der Waals surface area contributed by atoms with Gasteiger partial charge >= 0.3 is 0 Å². The van der Waals surface area contributed by atoms with E-state index in [0.717, 1.165) is 12.8 Å². The van der Waals surface area contributed by atoms with Gasteiger partial charge < -0.3 is 15.4 Å². The summed E-state index contributed by atoms with van der Waals surface area (Å²) in [5.74, 6) is -7.44. The lowest BCUT2D eigenvalue weighted by atomic mass is 9.81. The Morgan fingerprint density at radius 3 is 2.39 bits per heavy atom. The molecule has 1 amide bonds. The Balaban J connectivity index is 1.24. The molecule has 3 aromatic rings. The van der Waals surface area contributed by atoms with E-state index in [1.807, 2.05) is 6.07 Å². The van der Waals surface area contributed by atoms with Gasteiger partial charge in [0.05, 0.1) is 23.5 Å². The molecule has 10 nitrogen and oxygen atoms in total. The summed E-state index contributed by atoms with van der Waals surface area (Å²) in [5.41, 5.74) is 1.46. The summed E-state index contributed by atoms with van der Waals surface area (Å²) in [7, 11) is 0. The second-order valence-electron chi connectivity index (χ2n) is 11.7. The molecule has 220 valence electrons. The molecule has 3 aliphatic rings. The van der Waals surface area contributed by atoms with Crippen LogP contribution >= 0.6 is 0 Å². The summed E-state index contributed by atoms with van der Waals surface area (Å²) in [4.78, 5) is 33.9. The first-order chi connectivity index (χ1) is 19.5. The van der Waals surface area contributed by atoms with Gasteiger partial charge in [-0.2, -0.15) is 0 Å². The summed E-state index contributed by atoms with van der Waals surface area (Å²) in [6.45, 7) is 1.71. The quantitative estimate of drug-likeness (QED) is 0.256. The molecule has 0 aromatic carbocycles. The molecular formula is C27H31F4N7O3. The van der Waals surface area contributed by atoms with Crippen molar-refractivity contribution >= 4 is 18.0 Å². The van der Waals surface area contributed by atoms with E-state index in [2.05, 4.69) is 30.6 Å². The van der Waals surface area contributed by atoms with Crippen molar-refractivity contribution < 1.29 is 31.8 Å². The number of hydrogen-bond donors (Lipinski definition) is 2. The van der Waals surface area contributed by atoms with Gasteiger partial charge in [0.2, 0.25) is 11.7 Å². The van der Waals surface area contributed by atoms with E-state index in [4.69, 9.17) is 4.98 Å². The predicted molar refractivity (Wildman–Crippen MR) is 135 cm³/mol. The second-order valence-corrected chi connectivity index (χ2v) is 11.7. The molecule has 0 spiro atoms. The molecule has 0 bridgehead atoms. The van der Waals surface area contributed by atoms with Crippen molar-refractivity contribution in [2.24, 2.45) is 23.7 Å². The molecule has 3 aliphatic carbocycles. The van der Waals surface area contributed by atoms with E-state index >= 15 is 0 Å². The van der Waals surface area contributed by atoms with Crippen LogP contribution in [0.25, 0.3) is 5.78 Å². The number of aromatic nitrogens is 5. The standard InChI is InChI=1S/C27H31F4N7O3/c1-14-21(37-41-36-14)24(40)35-23(16-4-7-26(28,29)8-5-16)20-12-38-9-6-19(33-25(38)34-20)22(15-2-3-15)32-11-17(13-39)18-10-27(18,30)31/h6,9,12-13,15-18,22-23,32H,2-5,7-8,10-11H2,1H3,(H,35,40)/t17?,18-,22+,23-/m0/s1. The van der Waals surface area contributed by atoms with Gasteiger partial charge in [-0.25, -0.2) is 32.2 Å². The molecule has 3 saturated carbocycles. The number of alkyl halides is 4. The zero-order valence-electron chi connectivity index (χ0n) is 22.4. The van der Waals surface area contributed by atoms with E-state index in [1.54, 1.807) is 23.7 Å². The molecule has 0 aliphatic heterocycles. The van der Waals surface area contributed by atoms with Crippen molar-refractivity contribution in [3.05, 3.63) is 41.2 Å². The number of amides is 1. The lowest BCUT2D eigenvalue weighted by molar-refractivity contribution is -0.112. The van der Waals surface area contributed by atoms with Gasteiger partial charge in [-0.3, -0.25) is 9.20 Å². The number of aryl methyl sites for hydroxylation is 1. The molecule has 41 heavy (non-hydrogen) atoms. The number of nitrogens with zero attached hydrogens (tertiary/aromatic N) is 5. The summed E-state index contributed by atoms with van der Waals surface area (Å²) in [5, 5.41) is 13.5. The van der Waals surface area contributed by atoms with Crippen LogP contribution in [0.5, 0.6) is 0 Å². The Kier molecular flexibility index (Phi) is 7.07. The van der Waals surface area contributed by atoms with Crippen molar-refractivity contribution in [1.29, 1.82) is 0 Å². The number of imidazole rings is 1. The highest BCUT2D eigenvalue weighted by Crippen LogP contribution is 2.52. The molecule has 2 N–H and O–H groups in total. The third-order valence-corrected chi connectivity index (χ3v) is 8.62. The molecular weight excluding hydrogens is 546 g/mol. The number of fused-ring (bicyclic) bond motifs is 1. The zero-order chi connectivity index (χ0) is 28.9. The average molecular weight is 578 g/mol. The van der Waals surface area contributed by atoms with Gasteiger partial charge in [0, 0.05) is 50.0 Å². The molecule has 0 radical (unpaired) electrons. The molecule has 3 fully saturated rings. The van der Waals surface area contributed by atoms with Gasteiger partial charge in [0.25, 0.3) is 11.8 Å². The number of rotatable bonds is 11. The topological polar surface area (TPSA) is 127 Å². The van der Waals surface area contributed by atoms with Crippen LogP contribution in [0.15, 0.2) is 23.1 Å². The van der Waals surface area contributed by atoms with Crippen molar-refractivity contribution in [2.45, 2.75) is 75.8 Å². The Morgan fingerprint density at radius 1 is 1.10 bits per heavy atom. The monoisotopic (exact) mass is 577 g/mol. The highest BCUT2D eigenvalue weighted by molar-refractivity contribution is 5.93. The average Bonchev–Trinajstić information content (AvgIpc) is 3.77. The fraction of sp³-hybridized carbons (Fsp3) is 0.630. The first-order valence-corrected chi connectivity index (χ1v) is 13.9. The zero-order valence-corrected chi connectivity index (χ0v) is 22.4. The minimum atomic E-state index is -2.78. The SMILES string of the molecule is Cc1nonc1C(=O)N[C@H](c1cn2ccc([C@H](NCC(C=O)[C@@H]3CC3(F)F)C3CC3)nc2n1)C1CCC(F)(F)CC1. The summed E-state index contributed by atoms with van der Waals surface area (Å²) in [6.07, 6.45) is 5.56. The van der Waals surface area contributed by atoms with Crippen LogP contribution in [-0.2, 0) is 4.79 Å². The minimum Gasteiger partial charge on any atom is -0.342 e. The van der Waals surface area contributed by atoms with E-state index in [1.165, 1.54) is 0 Å². The van der Waals surface area contributed by atoms with Gasteiger partial charge in [-0.1, -0.05) is 5.16 Å². The van der Waals surface area contributed by atoms with Crippen molar-refractivity contribution in [1.82, 2.24) is 35.3 Å². The third-order valence-electron chi connectivity index (χ3n) is 8.62. The number of halogens is 4. The maximum absolute atomic E-state index is 14.0. The normalized spacial score (nSPS) is 24.1. The minimum absolute atomic E-state index is 0.0104. The fourth-order valence-corrected chi connectivity index (χ4v) is 5.89. The lowest BCUT2D eigenvalue weighted by Gasteiger charge is -2.33. The van der Waals surface area contributed by atoms with Crippen LogP contribution < -0.4 is 10.6 Å². The molecule has 4 atom stereocenters. The van der Waals surface area contributed by atoms with Gasteiger partial charge in [0.1, 0.15) is 12.0 Å². The maximum Gasteiger partial charge on any atom is 0.276 e. The fourth-order valence-electron chi connectivity index (χ4n) is 5.89. The maximum atomic E-state index is 14.0. The second kappa shape index (κ2) is 10.4.